The van der Waals surface area contributed by atoms with Gasteiger partial charge in [0.15, 0.2) is 0 Å². The maximum absolute atomic E-state index is 13.1. The van der Waals surface area contributed by atoms with Crippen LogP contribution in [0.4, 0.5) is 10.5 Å². The molecule has 26 heavy (non-hydrogen) atoms. The fourth-order valence-corrected chi connectivity index (χ4v) is 4.19. The highest BCUT2D eigenvalue weighted by atomic mass is 16.2. The molecule has 0 bridgehead atoms. The number of amides is 3. The molecule has 0 unspecified atom stereocenters. The molecule has 0 saturated carbocycles. The van der Waals surface area contributed by atoms with E-state index in [0.29, 0.717) is 13.1 Å². The number of likely N-dealkylation sites (tertiary alicyclic amines) is 1. The Kier molecular flexibility index (Phi) is 5.84. The van der Waals surface area contributed by atoms with E-state index in [1.807, 2.05) is 28.5 Å². The van der Waals surface area contributed by atoms with Gasteiger partial charge in [0.05, 0.1) is 0 Å². The predicted octanol–water partition coefficient (Wildman–Crippen LogP) is 3.45. The van der Waals surface area contributed by atoms with Crippen LogP contribution >= 0.6 is 0 Å². The molecule has 0 aliphatic carbocycles. The lowest BCUT2D eigenvalue weighted by molar-refractivity contribution is -0.123. The van der Waals surface area contributed by atoms with Crippen molar-refractivity contribution in [2.75, 3.05) is 37.6 Å². The number of piperidine rings is 1. The van der Waals surface area contributed by atoms with E-state index in [1.54, 1.807) is 0 Å². The Morgan fingerprint density at radius 1 is 1.12 bits per heavy atom. The SMILES string of the molecule is CCN(CC)C(=O)N1CCC(C(=O)N2CCCc3cc(C)ccc32)CC1. The van der Waals surface area contributed by atoms with Crippen LogP contribution in [0.5, 0.6) is 0 Å². The molecule has 1 aromatic rings. The quantitative estimate of drug-likeness (QED) is 0.832. The van der Waals surface area contributed by atoms with E-state index in [0.717, 1.165) is 51.0 Å². The number of urea groups is 1. The molecule has 3 rings (SSSR count). The lowest BCUT2D eigenvalue weighted by atomic mass is 9.92. The summed E-state index contributed by atoms with van der Waals surface area (Å²) in [6, 6.07) is 6.51. The highest BCUT2D eigenvalue weighted by molar-refractivity contribution is 5.96. The van der Waals surface area contributed by atoms with Crippen LogP contribution in [-0.4, -0.2) is 54.5 Å². The van der Waals surface area contributed by atoms with Gasteiger partial charge in [0.25, 0.3) is 0 Å². The van der Waals surface area contributed by atoms with Crippen molar-refractivity contribution < 1.29 is 9.59 Å². The number of benzene rings is 1. The highest BCUT2D eigenvalue weighted by Gasteiger charge is 2.33. The van der Waals surface area contributed by atoms with E-state index >= 15 is 0 Å². The zero-order valence-electron chi connectivity index (χ0n) is 16.3. The molecular weight excluding hydrogens is 326 g/mol. The Bertz CT molecular complexity index is 661. The number of rotatable bonds is 3. The number of nitrogens with zero attached hydrogens (tertiary/aromatic N) is 3. The Hall–Kier alpha value is -2.04. The molecule has 0 spiro atoms. The molecule has 5 nitrogen and oxygen atoms in total. The number of carbonyl (C=O) groups excluding carboxylic acids is 2. The molecule has 5 heteroatoms. The average Bonchev–Trinajstić information content (AvgIpc) is 2.67. The first kappa shape index (κ1) is 18.7. The van der Waals surface area contributed by atoms with Crippen molar-refractivity contribution in [2.24, 2.45) is 5.92 Å². The predicted molar refractivity (Wildman–Crippen MR) is 104 cm³/mol. The monoisotopic (exact) mass is 357 g/mol. The molecule has 1 fully saturated rings. The van der Waals surface area contributed by atoms with Crippen LogP contribution in [0.2, 0.25) is 0 Å². The summed E-state index contributed by atoms with van der Waals surface area (Å²) >= 11 is 0. The molecule has 0 atom stereocenters. The number of hydrogen-bond acceptors (Lipinski definition) is 2. The minimum atomic E-state index is 0.0306. The Balaban J connectivity index is 1.64. The smallest absolute Gasteiger partial charge is 0.319 e. The summed E-state index contributed by atoms with van der Waals surface area (Å²) in [7, 11) is 0. The normalized spacial score (nSPS) is 17.8. The van der Waals surface area contributed by atoms with E-state index in [2.05, 4.69) is 25.1 Å². The highest BCUT2D eigenvalue weighted by Crippen LogP contribution is 2.31. The minimum Gasteiger partial charge on any atom is -0.325 e. The summed E-state index contributed by atoms with van der Waals surface area (Å²) in [6.45, 7) is 9.76. The van der Waals surface area contributed by atoms with E-state index in [1.165, 1.54) is 11.1 Å². The summed E-state index contributed by atoms with van der Waals surface area (Å²) in [5.74, 6) is 0.271. The van der Waals surface area contributed by atoms with Gasteiger partial charge in [-0.05, 0) is 58.1 Å². The fourth-order valence-electron chi connectivity index (χ4n) is 4.19. The van der Waals surface area contributed by atoms with Crippen molar-refractivity contribution in [1.29, 1.82) is 0 Å². The van der Waals surface area contributed by atoms with Gasteiger partial charge in [-0.2, -0.15) is 0 Å². The van der Waals surface area contributed by atoms with Crippen LogP contribution < -0.4 is 4.90 Å². The molecule has 2 heterocycles. The van der Waals surface area contributed by atoms with Crippen molar-refractivity contribution in [1.82, 2.24) is 9.80 Å². The van der Waals surface area contributed by atoms with Gasteiger partial charge in [0, 0.05) is 44.3 Å². The maximum Gasteiger partial charge on any atom is 0.319 e. The summed E-state index contributed by atoms with van der Waals surface area (Å²) < 4.78 is 0. The van der Waals surface area contributed by atoms with E-state index in [4.69, 9.17) is 0 Å². The van der Waals surface area contributed by atoms with Crippen LogP contribution in [0, 0.1) is 12.8 Å². The van der Waals surface area contributed by atoms with Crippen molar-refractivity contribution in [3.8, 4) is 0 Å². The van der Waals surface area contributed by atoms with Crippen LogP contribution in [0.25, 0.3) is 0 Å². The molecule has 0 radical (unpaired) electrons. The lowest BCUT2D eigenvalue weighted by Gasteiger charge is -2.37. The maximum atomic E-state index is 13.1. The fraction of sp³-hybridized carbons (Fsp3) is 0.619. The standard InChI is InChI=1S/C21H31N3O2/c1-4-22(5-2)21(26)23-13-10-17(11-14-23)20(25)24-12-6-7-18-15-16(3)8-9-19(18)24/h8-9,15,17H,4-7,10-14H2,1-3H3. The van der Waals surface area contributed by atoms with Crippen molar-refractivity contribution in [2.45, 2.75) is 46.5 Å². The first-order valence-electron chi connectivity index (χ1n) is 9.99. The third kappa shape index (κ3) is 3.71. The molecule has 0 aromatic heterocycles. The molecule has 3 amide bonds. The van der Waals surface area contributed by atoms with Crippen LogP contribution in [-0.2, 0) is 11.2 Å². The molecule has 1 saturated heterocycles. The number of fused-ring (bicyclic) bond motifs is 1. The second-order valence-electron chi connectivity index (χ2n) is 7.44. The number of aryl methyl sites for hydroxylation is 2. The number of carbonyl (C=O) groups is 2. The topological polar surface area (TPSA) is 43.9 Å². The third-order valence-corrected chi connectivity index (χ3v) is 5.77. The van der Waals surface area contributed by atoms with Crippen LogP contribution in [0.1, 0.15) is 44.2 Å². The summed E-state index contributed by atoms with van der Waals surface area (Å²) in [5.41, 5.74) is 3.63. The number of hydrogen-bond donors (Lipinski definition) is 0. The van der Waals surface area contributed by atoms with E-state index in [9.17, 15) is 9.59 Å². The lowest BCUT2D eigenvalue weighted by Crippen LogP contribution is -2.49. The molecule has 142 valence electrons. The van der Waals surface area contributed by atoms with Gasteiger partial charge < -0.3 is 14.7 Å². The van der Waals surface area contributed by atoms with Gasteiger partial charge >= 0.3 is 6.03 Å². The summed E-state index contributed by atoms with van der Waals surface area (Å²) in [5, 5.41) is 0. The first-order chi connectivity index (χ1) is 12.5. The van der Waals surface area contributed by atoms with Gasteiger partial charge in [-0.1, -0.05) is 17.7 Å². The largest absolute Gasteiger partial charge is 0.325 e. The number of anilines is 1. The van der Waals surface area contributed by atoms with Crippen molar-refractivity contribution in [3.05, 3.63) is 29.3 Å². The minimum absolute atomic E-state index is 0.0306. The molecule has 0 N–H and O–H groups in total. The zero-order valence-corrected chi connectivity index (χ0v) is 16.3. The van der Waals surface area contributed by atoms with Gasteiger partial charge in [0.1, 0.15) is 0 Å². The van der Waals surface area contributed by atoms with Crippen molar-refractivity contribution >= 4 is 17.6 Å². The Morgan fingerprint density at radius 3 is 2.46 bits per heavy atom. The molecular formula is C21H31N3O2. The average molecular weight is 357 g/mol. The third-order valence-electron chi connectivity index (χ3n) is 5.77. The zero-order chi connectivity index (χ0) is 18.7. The first-order valence-corrected chi connectivity index (χ1v) is 9.99. The van der Waals surface area contributed by atoms with Gasteiger partial charge in [-0.15, -0.1) is 0 Å². The van der Waals surface area contributed by atoms with E-state index in [-0.39, 0.29) is 17.9 Å². The van der Waals surface area contributed by atoms with Gasteiger partial charge in [-0.25, -0.2) is 4.79 Å². The summed E-state index contributed by atoms with van der Waals surface area (Å²) in [4.78, 5) is 31.4. The molecule has 1 aromatic carbocycles. The second-order valence-corrected chi connectivity index (χ2v) is 7.44. The molecule has 2 aliphatic rings. The van der Waals surface area contributed by atoms with Gasteiger partial charge in [0.2, 0.25) is 5.91 Å². The van der Waals surface area contributed by atoms with Crippen LogP contribution in [0.3, 0.4) is 0 Å². The van der Waals surface area contributed by atoms with Crippen molar-refractivity contribution in [3.63, 3.8) is 0 Å². The van der Waals surface area contributed by atoms with E-state index < -0.39 is 0 Å². The second kappa shape index (κ2) is 8.11. The van der Waals surface area contributed by atoms with Gasteiger partial charge in [-0.3, -0.25) is 4.79 Å². The Morgan fingerprint density at radius 2 is 1.81 bits per heavy atom. The Labute approximate surface area is 156 Å². The molecule has 2 aliphatic heterocycles. The summed E-state index contributed by atoms with van der Waals surface area (Å²) in [6.07, 6.45) is 3.62. The van der Waals surface area contributed by atoms with Crippen LogP contribution in [0.15, 0.2) is 18.2 Å².